The third kappa shape index (κ3) is 5.15. The van der Waals surface area contributed by atoms with Crippen LogP contribution >= 0.6 is 24.0 Å². The number of ether oxygens (including phenoxy) is 1. The Balaban J connectivity index is 0.00000220. The van der Waals surface area contributed by atoms with Gasteiger partial charge in [-0.1, -0.05) is 23.7 Å². The summed E-state index contributed by atoms with van der Waals surface area (Å²) in [6.45, 7) is 2.98. The fourth-order valence-corrected chi connectivity index (χ4v) is 2.72. The quantitative estimate of drug-likeness (QED) is 0.843. The molecule has 118 valence electrons. The highest BCUT2D eigenvalue weighted by Gasteiger charge is 2.27. The summed E-state index contributed by atoms with van der Waals surface area (Å²) in [6.07, 6.45) is 1.30. The number of nitrogens with one attached hydrogen (secondary N) is 1. The largest absolute Gasteiger partial charge is 0.385 e. The van der Waals surface area contributed by atoms with Crippen LogP contribution in [-0.4, -0.2) is 44.2 Å². The average Bonchev–Trinajstić information content (AvgIpc) is 2.47. The Bertz CT molecular complexity index is 457. The van der Waals surface area contributed by atoms with E-state index in [0.717, 1.165) is 31.6 Å². The van der Waals surface area contributed by atoms with Crippen molar-refractivity contribution in [2.24, 2.45) is 0 Å². The number of rotatable bonds is 5. The molecular formula is C15H22Cl2N2O2. The van der Waals surface area contributed by atoms with Gasteiger partial charge >= 0.3 is 0 Å². The van der Waals surface area contributed by atoms with Crippen molar-refractivity contribution in [3.8, 4) is 0 Å². The minimum atomic E-state index is 0. The second-order valence-electron chi connectivity index (χ2n) is 4.96. The van der Waals surface area contributed by atoms with E-state index >= 15 is 0 Å². The maximum atomic E-state index is 12.4. The minimum Gasteiger partial charge on any atom is -0.385 e. The van der Waals surface area contributed by atoms with Crippen LogP contribution in [-0.2, 0) is 9.53 Å². The second kappa shape index (κ2) is 9.26. The molecule has 0 aromatic heterocycles. The monoisotopic (exact) mass is 332 g/mol. The molecule has 6 heteroatoms. The van der Waals surface area contributed by atoms with Gasteiger partial charge < -0.3 is 15.0 Å². The number of carbonyl (C=O) groups excluding carboxylic acids is 1. The van der Waals surface area contributed by atoms with E-state index in [1.54, 1.807) is 7.11 Å². The lowest BCUT2D eigenvalue weighted by molar-refractivity contribution is -0.134. The highest BCUT2D eigenvalue weighted by molar-refractivity contribution is 6.30. The SMILES string of the molecule is COCCCC(=O)N1CCNCC1c1cccc(Cl)c1.Cl. The van der Waals surface area contributed by atoms with Gasteiger partial charge in [0.25, 0.3) is 0 Å². The molecule has 1 heterocycles. The Morgan fingerprint density at radius 2 is 2.33 bits per heavy atom. The number of halogens is 2. The summed E-state index contributed by atoms with van der Waals surface area (Å²) in [6, 6.07) is 7.82. The molecule has 1 aliphatic heterocycles. The van der Waals surface area contributed by atoms with Gasteiger partial charge in [0, 0.05) is 44.8 Å². The van der Waals surface area contributed by atoms with Gasteiger partial charge in [-0.05, 0) is 24.1 Å². The van der Waals surface area contributed by atoms with Gasteiger partial charge in [0.2, 0.25) is 5.91 Å². The molecule has 0 spiro atoms. The second-order valence-corrected chi connectivity index (χ2v) is 5.39. The van der Waals surface area contributed by atoms with Crippen LogP contribution in [0.3, 0.4) is 0 Å². The van der Waals surface area contributed by atoms with Crippen molar-refractivity contribution in [3.63, 3.8) is 0 Å². The zero-order valence-electron chi connectivity index (χ0n) is 12.2. The van der Waals surface area contributed by atoms with Crippen molar-refractivity contribution in [2.75, 3.05) is 33.4 Å². The van der Waals surface area contributed by atoms with Gasteiger partial charge in [-0.2, -0.15) is 0 Å². The first-order valence-electron chi connectivity index (χ1n) is 6.97. The summed E-state index contributed by atoms with van der Waals surface area (Å²) in [5, 5.41) is 4.05. The highest BCUT2D eigenvalue weighted by Crippen LogP contribution is 2.25. The molecule has 1 saturated heterocycles. The molecule has 0 bridgehead atoms. The predicted molar refractivity (Wildman–Crippen MR) is 87.1 cm³/mol. The Labute approximate surface area is 137 Å². The van der Waals surface area contributed by atoms with Gasteiger partial charge in [0.1, 0.15) is 0 Å². The summed E-state index contributed by atoms with van der Waals surface area (Å²) in [5.74, 6) is 0.188. The first-order valence-corrected chi connectivity index (χ1v) is 7.34. The number of carbonyl (C=O) groups is 1. The Kier molecular flexibility index (Phi) is 8.04. The number of amides is 1. The van der Waals surface area contributed by atoms with Gasteiger partial charge in [0.05, 0.1) is 6.04 Å². The Hall–Kier alpha value is -0.810. The molecule has 0 radical (unpaired) electrons. The third-order valence-corrected chi connectivity index (χ3v) is 3.77. The number of methoxy groups -OCH3 is 1. The van der Waals surface area contributed by atoms with Crippen molar-refractivity contribution in [1.82, 2.24) is 10.2 Å². The molecule has 1 aromatic rings. The fourth-order valence-electron chi connectivity index (χ4n) is 2.53. The maximum absolute atomic E-state index is 12.4. The van der Waals surface area contributed by atoms with E-state index in [9.17, 15) is 4.79 Å². The smallest absolute Gasteiger partial charge is 0.223 e. The van der Waals surface area contributed by atoms with Crippen LogP contribution in [0.2, 0.25) is 5.02 Å². The summed E-state index contributed by atoms with van der Waals surface area (Å²) < 4.78 is 5.01. The van der Waals surface area contributed by atoms with E-state index in [0.29, 0.717) is 18.1 Å². The maximum Gasteiger partial charge on any atom is 0.223 e. The number of hydrogen-bond donors (Lipinski definition) is 1. The van der Waals surface area contributed by atoms with E-state index in [4.69, 9.17) is 16.3 Å². The zero-order valence-corrected chi connectivity index (χ0v) is 13.8. The first kappa shape index (κ1) is 18.2. The highest BCUT2D eigenvalue weighted by atomic mass is 35.5. The van der Waals surface area contributed by atoms with Crippen molar-refractivity contribution in [1.29, 1.82) is 0 Å². The van der Waals surface area contributed by atoms with E-state index < -0.39 is 0 Å². The standard InChI is InChI=1S/C15H21ClN2O2.ClH/c1-20-9-3-6-15(19)18-8-7-17-11-14(18)12-4-2-5-13(16)10-12;/h2,4-5,10,14,17H,3,6-9,11H2,1H3;1H. The van der Waals surface area contributed by atoms with Crippen LogP contribution in [0.4, 0.5) is 0 Å². The van der Waals surface area contributed by atoms with Crippen LogP contribution < -0.4 is 5.32 Å². The summed E-state index contributed by atoms with van der Waals surface area (Å²) >= 11 is 6.05. The van der Waals surface area contributed by atoms with Crippen molar-refractivity contribution < 1.29 is 9.53 Å². The zero-order chi connectivity index (χ0) is 14.4. The number of piperazine rings is 1. The number of nitrogens with zero attached hydrogens (tertiary/aromatic N) is 1. The van der Waals surface area contributed by atoms with Crippen LogP contribution in [0.15, 0.2) is 24.3 Å². The van der Waals surface area contributed by atoms with E-state index in [1.165, 1.54) is 0 Å². The van der Waals surface area contributed by atoms with Gasteiger partial charge in [0.15, 0.2) is 0 Å². The fraction of sp³-hybridized carbons (Fsp3) is 0.533. The molecule has 0 saturated carbocycles. The van der Waals surface area contributed by atoms with Crippen molar-refractivity contribution in [2.45, 2.75) is 18.9 Å². The molecule has 1 fully saturated rings. The molecule has 1 N–H and O–H groups in total. The number of hydrogen-bond acceptors (Lipinski definition) is 3. The summed E-state index contributed by atoms with van der Waals surface area (Å²) in [4.78, 5) is 14.3. The van der Waals surface area contributed by atoms with Crippen LogP contribution in [0.25, 0.3) is 0 Å². The van der Waals surface area contributed by atoms with Crippen molar-refractivity contribution >= 4 is 29.9 Å². The molecule has 1 atom stereocenters. The van der Waals surface area contributed by atoms with Gasteiger partial charge in [-0.15, -0.1) is 12.4 Å². The normalized spacial score (nSPS) is 18.2. The molecule has 1 aromatic carbocycles. The van der Waals surface area contributed by atoms with Gasteiger partial charge in [-0.25, -0.2) is 0 Å². The summed E-state index contributed by atoms with van der Waals surface area (Å²) in [7, 11) is 1.66. The average molecular weight is 333 g/mol. The first-order chi connectivity index (χ1) is 9.72. The van der Waals surface area contributed by atoms with E-state index in [1.807, 2.05) is 29.2 Å². The van der Waals surface area contributed by atoms with Gasteiger partial charge in [-0.3, -0.25) is 4.79 Å². The number of benzene rings is 1. The lowest BCUT2D eigenvalue weighted by Crippen LogP contribution is -2.48. The lowest BCUT2D eigenvalue weighted by atomic mass is 10.0. The molecule has 0 aliphatic carbocycles. The van der Waals surface area contributed by atoms with Crippen LogP contribution in [0.1, 0.15) is 24.4 Å². The molecule has 4 nitrogen and oxygen atoms in total. The molecule has 2 rings (SSSR count). The molecule has 1 unspecified atom stereocenters. The third-order valence-electron chi connectivity index (χ3n) is 3.54. The van der Waals surface area contributed by atoms with E-state index in [2.05, 4.69) is 5.32 Å². The Morgan fingerprint density at radius 1 is 1.52 bits per heavy atom. The minimum absolute atomic E-state index is 0. The van der Waals surface area contributed by atoms with Crippen molar-refractivity contribution in [3.05, 3.63) is 34.9 Å². The van der Waals surface area contributed by atoms with Crippen LogP contribution in [0, 0.1) is 0 Å². The van der Waals surface area contributed by atoms with Crippen LogP contribution in [0.5, 0.6) is 0 Å². The lowest BCUT2D eigenvalue weighted by Gasteiger charge is -2.36. The molecule has 1 aliphatic rings. The molecule has 21 heavy (non-hydrogen) atoms. The molecular weight excluding hydrogens is 311 g/mol. The Morgan fingerprint density at radius 3 is 3.05 bits per heavy atom. The molecule has 1 amide bonds. The predicted octanol–water partition coefficient (Wildman–Crippen LogP) is 2.66. The van der Waals surface area contributed by atoms with E-state index in [-0.39, 0.29) is 24.4 Å². The summed E-state index contributed by atoms with van der Waals surface area (Å²) in [5.41, 5.74) is 1.09. The topological polar surface area (TPSA) is 41.6 Å².